The van der Waals surface area contributed by atoms with Gasteiger partial charge in [0.1, 0.15) is 6.54 Å². The van der Waals surface area contributed by atoms with E-state index in [1.54, 1.807) is 11.0 Å². The predicted octanol–water partition coefficient (Wildman–Crippen LogP) is 3.61. The molecule has 1 aromatic rings. The van der Waals surface area contributed by atoms with Gasteiger partial charge in [-0.05, 0) is 60.6 Å². The summed E-state index contributed by atoms with van der Waals surface area (Å²) in [4.78, 5) is 41.0. The zero-order valence-corrected chi connectivity index (χ0v) is 17.8. The summed E-state index contributed by atoms with van der Waals surface area (Å²) < 4.78 is 0. The van der Waals surface area contributed by atoms with Gasteiger partial charge in [0, 0.05) is 19.2 Å². The summed E-state index contributed by atoms with van der Waals surface area (Å²) in [5.74, 6) is -0.225. The van der Waals surface area contributed by atoms with Crippen LogP contribution in [0.3, 0.4) is 0 Å². The third-order valence-corrected chi connectivity index (χ3v) is 6.39. The van der Waals surface area contributed by atoms with Crippen LogP contribution >= 0.6 is 11.8 Å². The smallest absolute Gasteiger partial charge is 0.294 e. The second-order valence-corrected chi connectivity index (χ2v) is 8.83. The standard InChI is InChI=1S/C22H28N2O4S/c1-15(2)17-8-6-16(7-9-17)13-19-21(27)24(22(28)29-19)14-20(26)23-11-4-3-5-18(23)10-12-25/h6-9,13,15,18,25H,3-5,10-12,14H2,1-2H3/b19-13-/t18-/m1/s1. The van der Waals surface area contributed by atoms with Crippen LogP contribution in [-0.2, 0) is 9.59 Å². The van der Waals surface area contributed by atoms with Gasteiger partial charge in [0.25, 0.3) is 11.1 Å². The van der Waals surface area contributed by atoms with Gasteiger partial charge < -0.3 is 10.0 Å². The van der Waals surface area contributed by atoms with Crippen LogP contribution in [-0.4, -0.2) is 57.7 Å². The number of amides is 3. The number of piperidine rings is 1. The lowest BCUT2D eigenvalue weighted by molar-refractivity contribution is -0.139. The van der Waals surface area contributed by atoms with E-state index in [1.807, 2.05) is 24.3 Å². The number of carbonyl (C=O) groups is 3. The van der Waals surface area contributed by atoms with E-state index in [0.717, 1.165) is 41.5 Å². The fraction of sp³-hybridized carbons (Fsp3) is 0.500. The lowest BCUT2D eigenvalue weighted by Crippen LogP contribution is -2.49. The average Bonchev–Trinajstić information content (AvgIpc) is 2.96. The number of thioether (sulfide) groups is 1. The lowest BCUT2D eigenvalue weighted by atomic mass is 9.99. The van der Waals surface area contributed by atoms with Gasteiger partial charge in [-0.1, -0.05) is 38.1 Å². The van der Waals surface area contributed by atoms with Crippen LogP contribution in [0.1, 0.15) is 56.6 Å². The van der Waals surface area contributed by atoms with E-state index in [1.165, 1.54) is 5.56 Å². The highest BCUT2D eigenvalue weighted by molar-refractivity contribution is 8.18. The zero-order valence-electron chi connectivity index (χ0n) is 17.0. The summed E-state index contributed by atoms with van der Waals surface area (Å²) in [6.45, 7) is 4.62. The van der Waals surface area contributed by atoms with Crippen LogP contribution in [0.2, 0.25) is 0 Å². The maximum Gasteiger partial charge on any atom is 0.294 e. The Morgan fingerprint density at radius 2 is 1.97 bits per heavy atom. The van der Waals surface area contributed by atoms with Crippen LogP contribution in [0.25, 0.3) is 6.08 Å². The van der Waals surface area contributed by atoms with Crippen molar-refractivity contribution in [2.45, 2.75) is 51.5 Å². The molecular formula is C22H28N2O4S. The molecule has 2 saturated heterocycles. The number of hydrogen-bond donors (Lipinski definition) is 1. The average molecular weight is 417 g/mol. The van der Waals surface area contributed by atoms with Crippen LogP contribution in [0, 0.1) is 0 Å². The van der Waals surface area contributed by atoms with Crippen molar-refractivity contribution in [2.75, 3.05) is 19.7 Å². The van der Waals surface area contributed by atoms with Crippen molar-refractivity contribution in [1.29, 1.82) is 0 Å². The van der Waals surface area contributed by atoms with Crippen molar-refractivity contribution in [3.05, 3.63) is 40.3 Å². The summed E-state index contributed by atoms with van der Waals surface area (Å²) in [5.41, 5.74) is 2.06. The fourth-order valence-electron chi connectivity index (χ4n) is 3.77. The number of benzene rings is 1. The molecule has 1 atom stereocenters. The fourth-order valence-corrected chi connectivity index (χ4v) is 4.61. The Bertz CT molecular complexity index is 802. The molecule has 0 radical (unpaired) electrons. The van der Waals surface area contributed by atoms with E-state index in [4.69, 9.17) is 0 Å². The van der Waals surface area contributed by atoms with E-state index in [2.05, 4.69) is 13.8 Å². The molecule has 2 fully saturated rings. The number of aliphatic hydroxyl groups excluding tert-OH is 1. The Labute approximate surface area is 175 Å². The van der Waals surface area contributed by atoms with Crippen molar-refractivity contribution in [2.24, 2.45) is 0 Å². The topological polar surface area (TPSA) is 77.9 Å². The first-order chi connectivity index (χ1) is 13.9. The number of imide groups is 1. The number of rotatable bonds is 6. The third kappa shape index (κ3) is 5.08. The van der Waals surface area contributed by atoms with Gasteiger partial charge in [-0.3, -0.25) is 19.3 Å². The van der Waals surface area contributed by atoms with Gasteiger partial charge in [-0.2, -0.15) is 0 Å². The SMILES string of the molecule is CC(C)c1ccc(/C=C2\SC(=O)N(CC(=O)N3CCCC[C@@H]3CCO)C2=O)cc1. The first kappa shape index (κ1) is 21.6. The van der Waals surface area contributed by atoms with Crippen molar-refractivity contribution in [3.63, 3.8) is 0 Å². The predicted molar refractivity (Wildman–Crippen MR) is 114 cm³/mol. The van der Waals surface area contributed by atoms with E-state index < -0.39 is 11.1 Å². The molecule has 0 unspecified atom stereocenters. The minimum Gasteiger partial charge on any atom is -0.396 e. The van der Waals surface area contributed by atoms with Gasteiger partial charge in [0.15, 0.2) is 0 Å². The van der Waals surface area contributed by atoms with Crippen LogP contribution < -0.4 is 0 Å². The molecule has 0 aromatic heterocycles. The third-order valence-electron chi connectivity index (χ3n) is 5.48. The maximum atomic E-state index is 12.8. The van der Waals surface area contributed by atoms with Crippen LogP contribution in [0.4, 0.5) is 4.79 Å². The quantitative estimate of drug-likeness (QED) is 0.717. The number of hydrogen-bond acceptors (Lipinski definition) is 5. The molecule has 0 spiro atoms. The van der Waals surface area contributed by atoms with Gasteiger partial charge in [-0.15, -0.1) is 0 Å². The second-order valence-electron chi connectivity index (χ2n) is 7.84. The molecule has 7 heteroatoms. The minimum atomic E-state index is -0.419. The summed E-state index contributed by atoms with van der Waals surface area (Å²) in [7, 11) is 0. The highest BCUT2D eigenvalue weighted by atomic mass is 32.2. The van der Waals surface area contributed by atoms with Gasteiger partial charge >= 0.3 is 0 Å². The summed E-state index contributed by atoms with van der Waals surface area (Å²) in [5, 5.41) is 8.83. The van der Waals surface area contributed by atoms with Gasteiger partial charge in [-0.25, -0.2) is 0 Å². The molecule has 0 bridgehead atoms. The van der Waals surface area contributed by atoms with Gasteiger partial charge in [0.2, 0.25) is 5.91 Å². The molecule has 2 aliphatic heterocycles. The van der Waals surface area contributed by atoms with Gasteiger partial charge in [0.05, 0.1) is 4.91 Å². The molecule has 1 aromatic carbocycles. The molecule has 29 heavy (non-hydrogen) atoms. The molecule has 6 nitrogen and oxygen atoms in total. The number of likely N-dealkylation sites (tertiary alicyclic amines) is 1. The zero-order chi connectivity index (χ0) is 21.0. The van der Waals surface area contributed by atoms with Crippen LogP contribution in [0.15, 0.2) is 29.2 Å². The Hall–Kier alpha value is -2.12. The molecule has 3 amide bonds. The van der Waals surface area contributed by atoms with Crippen molar-refractivity contribution in [3.8, 4) is 0 Å². The van der Waals surface area contributed by atoms with E-state index in [9.17, 15) is 19.5 Å². The molecule has 3 rings (SSSR count). The lowest BCUT2D eigenvalue weighted by Gasteiger charge is -2.36. The summed E-state index contributed by atoms with van der Waals surface area (Å²) in [6.07, 6.45) is 5.01. The highest BCUT2D eigenvalue weighted by Crippen LogP contribution is 2.32. The normalized spacial score (nSPS) is 21.5. The van der Waals surface area contributed by atoms with Crippen molar-refractivity contribution >= 4 is 34.9 Å². The Kier molecular flexibility index (Phi) is 7.14. The molecule has 156 valence electrons. The van der Waals surface area contributed by atoms with E-state index in [-0.39, 0.29) is 25.1 Å². The van der Waals surface area contributed by atoms with E-state index >= 15 is 0 Å². The van der Waals surface area contributed by atoms with E-state index in [0.29, 0.717) is 23.8 Å². The second kappa shape index (κ2) is 9.59. The number of carbonyl (C=O) groups excluding carboxylic acids is 3. The molecule has 2 heterocycles. The monoisotopic (exact) mass is 416 g/mol. The Morgan fingerprint density at radius 3 is 2.62 bits per heavy atom. The Balaban J connectivity index is 1.69. The molecule has 1 N–H and O–H groups in total. The molecule has 2 aliphatic rings. The van der Waals surface area contributed by atoms with Crippen LogP contribution in [0.5, 0.6) is 0 Å². The first-order valence-corrected chi connectivity index (χ1v) is 11.0. The van der Waals surface area contributed by atoms with Crippen molar-refractivity contribution < 1.29 is 19.5 Å². The minimum absolute atomic E-state index is 0.0174. The Morgan fingerprint density at radius 1 is 1.24 bits per heavy atom. The molecular weight excluding hydrogens is 388 g/mol. The maximum absolute atomic E-state index is 12.8. The van der Waals surface area contributed by atoms with Crippen molar-refractivity contribution in [1.82, 2.24) is 9.80 Å². The summed E-state index contributed by atoms with van der Waals surface area (Å²) >= 11 is 0.875. The first-order valence-electron chi connectivity index (χ1n) is 10.2. The number of nitrogens with zero attached hydrogens (tertiary/aromatic N) is 2. The molecule has 0 aliphatic carbocycles. The largest absolute Gasteiger partial charge is 0.396 e. The summed E-state index contributed by atoms with van der Waals surface area (Å²) in [6, 6.07) is 7.88. The number of aliphatic hydroxyl groups is 1. The highest BCUT2D eigenvalue weighted by Gasteiger charge is 2.38. The molecule has 0 saturated carbocycles.